The van der Waals surface area contributed by atoms with Crippen LogP contribution in [-0.4, -0.2) is 40.4 Å². The highest BCUT2D eigenvalue weighted by atomic mass is 16.3. The predicted molar refractivity (Wildman–Crippen MR) is 133 cm³/mol. The van der Waals surface area contributed by atoms with Gasteiger partial charge in [0.05, 0.1) is 19.1 Å². The first-order valence-corrected chi connectivity index (χ1v) is 11.7. The minimum absolute atomic E-state index is 0.0125. The molecule has 0 bridgehead atoms. The molecule has 0 aliphatic rings. The second kappa shape index (κ2) is 12.9. The van der Waals surface area contributed by atoms with Crippen molar-refractivity contribution in [3.05, 3.63) is 101 Å². The van der Waals surface area contributed by atoms with E-state index < -0.39 is 6.10 Å². The first-order chi connectivity index (χ1) is 16.4. The fourth-order valence-electron chi connectivity index (χ4n) is 3.90. The van der Waals surface area contributed by atoms with Gasteiger partial charge in [0.1, 0.15) is 5.75 Å². The average Bonchev–Trinajstić information content (AvgIpc) is 2.83. The van der Waals surface area contributed by atoms with Crippen LogP contribution in [0.5, 0.6) is 5.75 Å². The quantitative estimate of drug-likeness (QED) is 0.285. The van der Waals surface area contributed by atoms with E-state index in [1.165, 1.54) is 11.6 Å². The van der Waals surface area contributed by atoms with Crippen LogP contribution >= 0.6 is 0 Å². The summed E-state index contributed by atoms with van der Waals surface area (Å²) in [7, 11) is 0. The van der Waals surface area contributed by atoms with Crippen LogP contribution in [0.15, 0.2) is 72.8 Å². The molecule has 3 aromatic rings. The summed E-state index contributed by atoms with van der Waals surface area (Å²) in [5.41, 5.74) is 4.34. The fraction of sp³-hybridized carbons (Fsp3) is 0.321. The average molecular weight is 463 g/mol. The first-order valence-electron chi connectivity index (χ1n) is 11.7. The molecule has 1 unspecified atom stereocenters. The number of rotatable bonds is 12. The van der Waals surface area contributed by atoms with Crippen LogP contribution in [-0.2, 0) is 30.7 Å². The molecule has 0 saturated heterocycles. The van der Waals surface area contributed by atoms with Crippen LogP contribution < -0.4 is 10.6 Å². The van der Waals surface area contributed by atoms with E-state index in [4.69, 9.17) is 0 Å². The molecule has 0 radical (unpaired) electrons. The van der Waals surface area contributed by atoms with Crippen LogP contribution in [0.25, 0.3) is 0 Å². The van der Waals surface area contributed by atoms with Crippen molar-refractivity contribution < 1.29 is 20.1 Å². The van der Waals surface area contributed by atoms with Gasteiger partial charge in [-0.3, -0.25) is 4.79 Å². The van der Waals surface area contributed by atoms with Gasteiger partial charge in [0.15, 0.2) is 0 Å². The molecule has 1 amide bonds. The minimum Gasteiger partial charge on any atom is -0.508 e. The Kier molecular flexibility index (Phi) is 9.64. The summed E-state index contributed by atoms with van der Waals surface area (Å²) in [5, 5.41) is 35.8. The maximum absolute atomic E-state index is 12.3. The Hall–Kier alpha value is -3.19. The molecule has 6 nitrogen and oxygen atoms in total. The van der Waals surface area contributed by atoms with Gasteiger partial charge in [-0.25, -0.2) is 0 Å². The van der Waals surface area contributed by atoms with Crippen molar-refractivity contribution in [1.29, 1.82) is 0 Å². The molecular formula is C28H34N2O4. The van der Waals surface area contributed by atoms with Gasteiger partial charge >= 0.3 is 0 Å². The first kappa shape index (κ1) is 25.4. The number of amides is 1. The zero-order valence-electron chi connectivity index (χ0n) is 19.6. The lowest BCUT2D eigenvalue weighted by atomic mass is 10.0. The Bertz CT molecular complexity index is 1060. The molecule has 0 saturated carbocycles. The highest BCUT2D eigenvalue weighted by Crippen LogP contribution is 2.22. The minimum atomic E-state index is -0.751. The highest BCUT2D eigenvalue weighted by molar-refractivity contribution is 5.78. The van der Waals surface area contributed by atoms with E-state index in [1.54, 1.807) is 12.1 Å². The number of nitrogens with one attached hydrogen (secondary N) is 2. The molecule has 6 heteroatoms. The van der Waals surface area contributed by atoms with Crippen molar-refractivity contribution in [3.63, 3.8) is 0 Å². The number of aliphatic hydroxyl groups is 2. The maximum Gasteiger partial charge on any atom is 0.224 e. The molecule has 0 spiro atoms. The topological polar surface area (TPSA) is 102 Å². The molecule has 180 valence electrons. The van der Waals surface area contributed by atoms with E-state index in [1.807, 2.05) is 43.3 Å². The van der Waals surface area contributed by atoms with Crippen molar-refractivity contribution in [2.24, 2.45) is 0 Å². The summed E-state index contributed by atoms with van der Waals surface area (Å²) < 4.78 is 0. The lowest BCUT2D eigenvalue weighted by Gasteiger charge is -2.18. The number of hydrogen-bond donors (Lipinski definition) is 5. The Morgan fingerprint density at radius 1 is 0.941 bits per heavy atom. The van der Waals surface area contributed by atoms with E-state index in [-0.39, 0.29) is 24.3 Å². The number of phenols is 1. The van der Waals surface area contributed by atoms with Crippen LogP contribution in [0.2, 0.25) is 0 Å². The predicted octanol–water partition coefficient (Wildman–Crippen LogP) is 3.04. The summed E-state index contributed by atoms with van der Waals surface area (Å²) >= 11 is 0. The van der Waals surface area contributed by atoms with E-state index in [0.717, 1.165) is 24.0 Å². The molecule has 2 atom stereocenters. The SMILES string of the molecule is CC(Cc1cccc(CC(=O)NCCc2ccccc2)c1)NC[C@H](O)c1ccc(O)c(CO)c1. The third kappa shape index (κ3) is 7.99. The van der Waals surface area contributed by atoms with E-state index in [2.05, 4.69) is 28.8 Å². The van der Waals surface area contributed by atoms with Crippen LogP contribution in [0.1, 0.15) is 40.8 Å². The van der Waals surface area contributed by atoms with E-state index in [9.17, 15) is 20.1 Å². The zero-order valence-corrected chi connectivity index (χ0v) is 19.6. The standard InChI is InChI=1S/C28H34N2O4/c1-20(30-18-27(33)24-10-11-26(32)25(17-24)19-31)14-22-8-5-9-23(15-22)16-28(34)29-13-12-21-6-3-2-4-7-21/h2-11,15,17,20,27,30-33H,12-14,16,18-19H2,1H3,(H,29,34)/t20?,27-/m0/s1. The van der Waals surface area contributed by atoms with Gasteiger partial charge in [-0.2, -0.15) is 0 Å². The third-order valence-electron chi connectivity index (χ3n) is 5.79. The fourth-order valence-corrected chi connectivity index (χ4v) is 3.90. The summed E-state index contributed by atoms with van der Waals surface area (Å²) in [6.07, 6.45) is 1.16. The number of carbonyl (C=O) groups is 1. The monoisotopic (exact) mass is 462 g/mol. The van der Waals surface area contributed by atoms with E-state index in [0.29, 0.717) is 30.6 Å². The van der Waals surface area contributed by atoms with Gasteiger partial charge in [0.25, 0.3) is 0 Å². The van der Waals surface area contributed by atoms with Crippen LogP contribution in [0.4, 0.5) is 0 Å². The number of aliphatic hydroxyl groups excluding tert-OH is 2. The van der Waals surface area contributed by atoms with Crippen molar-refractivity contribution in [1.82, 2.24) is 10.6 Å². The Morgan fingerprint density at radius 2 is 1.68 bits per heavy atom. The smallest absolute Gasteiger partial charge is 0.224 e. The molecule has 0 aromatic heterocycles. The van der Waals surface area contributed by atoms with Crippen LogP contribution in [0, 0.1) is 0 Å². The lowest BCUT2D eigenvalue weighted by molar-refractivity contribution is -0.120. The van der Waals surface area contributed by atoms with Gasteiger partial charge in [-0.05, 0) is 54.2 Å². The number of benzene rings is 3. The van der Waals surface area contributed by atoms with Gasteiger partial charge in [0, 0.05) is 24.7 Å². The molecule has 0 aliphatic carbocycles. The largest absolute Gasteiger partial charge is 0.508 e. The van der Waals surface area contributed by atoms with E-state index >= 15 is 0 Å². The number of aromatic hydroxyl groups is 1. The maximum atomic E-state index is 12.3. The third-order valence-corrected chi connectivity index (χ3v) is 5.79. The second-order valence-corrected chi connectivity index (χ2v) is 8.66. The normalized spacial score (nSPS) is 12.8. The van der Waals surface area contributed by atoms with Gasteiger partial charge in [0.2, 0.25) is 5.91 Å². The summed E-state index contributed by atoms with van der Waals surface area (Å²) in [6.45, 7) is 2.73. The lowest BCUT2D eigenvalue weighted by Crippen LogP contribution is -2.32. The molecule has 3 rings (SSSR count). The van der Waals surface area contributed by atoms with Crippen molar-refractivity contribution >= 4 is 5.91 Å². The Balaban J connectivity index is 1.44. The van der Waals surface area contributed by atoms with Gasteiger partial charge < -0.3 is 26.0 Å². The summed E-state index contributed by atoms with van der Waals surface area (Å²) in [5.74, 6) is 0.0306. The van der Waals surface area contributed by atoms with Crippen LogP contribution in [0.3, 0.4) is 0 Å². The van der Waals surface area contributed by atoms with Crippen molar-refractivity contribution in [3.8, 4) is 5.75 Å². The zero-order chi connectivity index (χ0) is 24.3. The molecule has 0 heterocycles. The second-order valence-electron chi connectivity index (χ2n) is 8.66. The number of hydrogen-bond acceptors (Lipinski definition) is 5. The highest BCUT2D eigenvalue weighted by Gasteiger charge is 2.13. The van der Waals surface area contributed by atoms with Crippen molar-refractivity contribution in [2.75, 3.05) is 13.1 Å². The molecular weight excluding hydrogens is 428 g/mol. The summed E-state index contributed by atoms with van der Waals surface area (Å²) in [6, 6.07) is 23.0. The molecule has 34 heavy (non-hydrogen) atoms. The molecule has 5 N–H and O–H groups in total. The number of carbonyl (C=O) groups excluding carboxylic acids is 1. The van der Waals surface area contributed by atoms with Crippen molar-refractivity contribution in [2.45, 2.75) is 44.9 Å². The molecule has 0 aliphatic heterocycles. The molecule has 3 aromatic carbocycles. The van der Waals surface area contributed by atoms with Gasteiger partial charge in [-0.15, -0.1) is 0 Å². The summed E-state index contributed by atoms with van der Waals surface area (Å²) in [4.78, 5) is 12.3. The Morgan fingerprint density at radius 3 is 2.44 bits per heavy atom. The van der Waals surface area contributed by atoms with Gasteiger partial charge in [-0.1, -0.05) is 60.7 Å². The molecule has 0 fully saturated rings. The Labute approximate surface area is 201 Å².